The van der Waals surface area contributed by atoms with E-state index in [-0.39, 0.29) is 36.8 Å². The average Bonchev–Trinajstić information content (AvgIpc) is 2.19. The Morgan fingerprint density at radius 2 is 2.12 bits per heavy atom. The lowest BCUT2D eigenvalue weighted by atomic mass is 10.2. The molecule has 1 atom stereocenters. The monoisotopic (exact) mass is 278 g/mol. The number of hydrogen-bond donors (Lipinski definition) is 2. The van der Waals surface area contributed by atoms with Gasteiger partial charge in [0, 0.05) is 12.5 Å². The van der Waals surface area contributed by atoms with Crippen LogP contribution in [0.15, 0.2) is 6.20 Å². The summed E-state index contributed by atoms with van der Waals surface area (Å²) in [4.78, 5) is 7.74. The molecule has 0 saturated heterocycles. The highest BCUT2D eigenvalue weighted by Gasteiger charge is 2.02. The normalized spacial score (nSPS) is 10.1. The number of anilines is 1. The zero-order valence-corrected chi connectivity index (χ0v) is 11.3. The first-order valence-corrected chi connectivity index (χ1v) is 4.54. The molecule has 7 heteroatoms. The van der Waals surface area contributed by atoms with E-state index in [9.17, 15) is 0 Å². The van der Waals surface area contributed by atoms with Crippen LogP contribution >= 0.6 is 24.8 Å². The van der Waals surface area contributed by atoms with Gasteiger partial charge in [0.2, 0.25) is 11.8 Å². The van der Waals surface area contributed by atoms with Crippen molar-refractivity contribution in [3.63, 3.8) is 0 Å². The standard InChI is InChI=1S/C10H14N4O.2ClH/c1-7(11)4-3-5-8-6-13-10(12)14-9(8)15-2;;/h6-7H,4,11H2,1-2H3,(H2,12,13,14);2*1H/t7-;;/m0../s1. The summed E-state index contributed by atoms with van der Waals surface area (Å²) in [5, 5.41) is 0. The lowest BCUT2D eigenvalue weighted by Crippen LogP contribution is -2.12. The van der Waals surface area contributed by atoms with Crippen LogP contribution in [0.2, 0.25) is 0 Å². The van der Waals surface area contributed by atoms with Crippen LogP contribution in [0.1, 0.15) is 18.9 Å². The molecular weight excluding hydrogens is 263 g/mol. The third-order valence-electron chi connectivity index (χ3n) is 1.61. The Balaban J connectivity index is 0. The molecular formula is C10H16Cl2N4O. The largest absolute Gasteiger partial charge is 0.480 e. The van der Waals surface area contributed by atoms with Crippen molar-refractivity contribution >= 4 is 30.8 Å². The van der Waals surface area contributed by atoms with Crippen LogP contribution in [0.5, 0.6) is 5.88 Å². The SMILES string of the molecule is COc1nc(N)ncc1C#CC[C@H](C)N.Cl.Cl. The van der Waals surface area contributed by atoms with Gasteiger partial charge in [-0.05, 0) is 6.92 Å². The zero-order valence-electron chi connectivity index (χ0n) is 9.64. The molecule has 0 unspecified atom stereocenters. The molecule has 1 aromatic rings. The Labute approximate surface area is 113 Å². The molecule has 0 saturated carbocycles. The minimum Gasteiger partial charge on any atom is -0.480 e. The van der Waals surface area contributed by atoms with E-state index >= 15 is 0 Å². The van der Waals surface area contributed by atoms with Gasteiger partial charge in [-0.3, -0.25) is 0 Å². The predicted octanol–water partition coefficient (Wildman–Crippen LogP) is 1.000. The molecule has 0 bridgehead atoms. The van der Waals surface area contributed by atoms with E-state index in [1.807, 2.05) is 6.92 Å². The molecule has 0 aliphatic carbocycles. The highest BCUT2D eigenvalue weighted by molar-refractivity contribution is 5.85. The van der Waals surface area contributed by atoms with Crippen molar-refractivity contribution < 1.29 is 4.74 Å². The number of rotatable bonds is 2. The Morgan fingerprint density at radius 3 is 2.65 bits per heavy atom. The summed E-state index contributed by atoms with van der Waals surface area (Å²) in [7, 11) is 1.51. The van der Waals surface area contributed by atoms with Crippen molar-refractivity contribution in [2.75, 3.05) is 12.8 Å². The molecule has 0 spiro atoms. The second kappa shape index (κ2) is 8.88. The number of hydrogen-bond acceptors (Lipinski definition) is 5. The van der Waals surface area contributed by atoms with E-state index in [4.69, 9.17) is 16.2 Å². The maximum atomic E-state index is 5.57. The van der Waals surface area contributed by atoms with E-state index in [0.717, 1.165) is 0 Å². The first kappa shape index (κ1) is 18.2. The molecule has 0 aliphatic rings. The topological polar surface area (TPSA) is 87.0 Å². The molecule has 96 valence electrons. The minimum atomic E-state index is 0. The van der Waals surface area contributed by atoms with Gasteiger partial charge in [-0.15, -0.1) is 24.8 Å². The van der Waals surface area contributed by atoms with Gasteiger partial charge in [-0.25, -0.2) is 4.98 Å². The summed E-state index contributed by atoms with van der Waals surface area (Å²) in [5.74, 6) is 6.37. The van der Waals surface area contributed by atoms with Crippen LogP contribution in [-0.2, 0) is 0 Å². The van der Waals surface area contributed by atoms with Crippen LogP contribution in [0.25, 0.3) is 0 Å². The number of nitrogens with zero attached hydrogens (tertiary/aromatic N) is 2. The molecule has 0 fully saturated rings. The van der Waals surface area contributed by atoms with Crippen molar-refractivity contribution in [2.24, 2.45) is 5.73 Å². The van der Waals surface area contributed by atoms with Gasteiger partial charge >= 0.3 is 0 Å². The van der Waals surface area contributed by atoms with E-state index in [1.165, 1.54) is 13.3 Å². The predicted molar refractivity (Wildman–Crippen MR) is 72.6 cm³/mol. The Kier molecular flexibility index (Phi) is 9.48. The first-order valence-electron chi connectivity index (χ1n) is 4.54. The lowest BCUT2D eigenvalue weighted by Gasteiger charge is -2.01. The number of aromatic nitrogens is 2. The van der Waals surface area contributed by atoms with E-state index in [0.29, 0.717) is 17.9 Å². The molecule has 1 heterocycles. The van der Waals surface area contributed by atoms with Crippen LogP contribution in [-0.4, -0.2) is 23.1 Å². The number of nitrogens with two attached hydrogens (primary N) is 2. The molecule has 0 amide bonds. The maximum absolute atomic E-state index is 5.57. The second-order valence-electron chi connectivity index (χ2n) is 3.13. The lowest BCUT2D eigenvalue weighted by molar-refractivity contribution is 0.396. The van der Waals surface area contributed by atoms with Gasteiger partial charge in [-0.2, -0.15) is 4.98 Å². The van der Waals surface area contributed by atoms with Crippen LogP contribution in [0.4, 0.5) is 5.95 Å². The van der Waals surface area contributed by atoms with Gasteiger partial charge < -0.3 is 16.2 Å². The van der Waals surface area contributed by atoms with E-state index in [1.54, 1.807) is 0 Å². The molecule has 5 nitrogen and oxygen atoms in total. The molecule has 17 heavy (non-hydrogen) atoms. The molecule has 0 aromatic carbocycles. The fourth-order valence-corrected chi connectivity index (χ4v) is 0.928. The minimum absolute atomic E-state index is 0. The van der Waals surface area contributed by atoms with Crippen molar-refractivity contribution in [1.82, 2.24) is 9.97 Å². The molecule has 0 aliphatic heterocycles. The second-order valence-corrected chi connectivity index (χ2v) is 3.13. The summed E-state index contributed by atoms with van der Waals surface area (Å²) < 4.78 is 5.02. The summed E-state index contributed by atoms with van der Waals surface area (Å²) in [6, 6.07) is 0.0539. The Bertz CT molecular complexity index is 401. The van der Waals surface area contributed by atoms with Crippen LogP contribution < -0.4 is 16.2 Å². The quantitative estimate of drug-likeness (QED) is 0.789. The molecule has 1 aromatic heterocycles. The zero-order chi connectivity index (χ0) is 11.3. The van der Waals surface area contributed by atoms with Crippen LogP contribution in [0.3, 0.4) is 0 Å². The number of ether oxygens (including phenoxy) is 1. The highest BCUT2D eigenvalue weighted by atomic mass is 35.5. The van der Waals surface area contributed by atoms with Gasteiger partial charge in [0.05, 0.1) is 13.3 Å². The van der Waals surface area contributed by atoms with E-state index in [2.05, 4.69) is 21.8 Å². The van der Waals surface area contributed by atoms with Crippen molar-refractivity contribution in [3.05, 3.63) is 11.8 Å². The molecule has 0 radical (unpaired) electrons. The van der Waals surface area contributed by atoms with Crippen molar-refractivity contribution in [1.29, 1.82) is 0 Å². The van der Waals surface area contributed by atoms with Crippen LogP contribution in [0, 0.1) is 11.8 Å². The van der Waals surface area contributed by atoms with Gasteiger partial charge in [0.1, 0.15) is 5.56 Å². The fraction of sp³-hybridized carbons (Fsp3) is 0.400. The Hall–Kier alpha value is -1.22. The van der Waals surface area contributed by atoms with Crippen molar-refractivity contribution in [3.8, 4) is 17.7 Å². The van der Waals surface area contributed by atoms with Gasteiger partial charge in [-0.1, -0.05) is 11.8 Å². The molecule has 1 rings (SSSR count). The molecule has 4 N–H and O–H groups in total. The first-order chi connectivity index (χ1) is 7.13. The van der Waals surface area contributed by atoms with Gasteiger partial charge in [0.25, 0.3) is 0 Å². The highest BCUT2D eigenvalue weighted by Crippen LogP contribution is 2.12. The summed E-state index contributed by atoms with van der Waals surface area (Å²) >= 11 is 0. The third kappa shape index (κ3) is 6.17. The van der Waals surface area contributed by atoms with Gasteiger partial charge in [0.15, 0.2) is 0 Å². The number of methoxy groups -OCH3 is 1. The summed E-state index contributed by atoms with van der Waals surface area (Å²) in [6.45, 7) is 1.89. The van der Waals surface area contributed by atoms with Crippen molar-refractivity contribution in [2.45, 2.75) is 19.4 Å². The number of halogens is 2. The average molecular weight is 279 g/mol. The fourth-order valence-electron chi connectivity index (χ4n) is 0.928. The Morgan fingerprint density at radius 1 is 1.47 bits per heavy atom. The maximum Gasteiger partial charge on any atom is 0.234 e. The third-order valence-corrected chi connectivity index (χ3v) is 1.61. The summed E-state index contributed by atoms with van der Waals surface area (Å²) in [5.41, 5.74) is 11.6. The van der Waals surface area contributed by atoms with E-state index < -0.39 is 0 Å². The smallest absolute Gasteiger partial charge is 0.234 e. The summed E-state index contributed by atoms with van der Waals surface area (Å²) in [6.07, 6.45) is 2.16. The number of nitrogen functional groups attached to an aromatic ring is 1.